The van der Waals surface area contributed by atoms with Gasteiger partial charge in [-0.25, -0.2) is 0 Å². The van der Waals surface area contributed by atoms with Crippen LogP contribution in [0.2, 0.25) is 0 Å². The van der Waals surface area contributed by atoms with Gasteiger partial charge in [0.15, 0.2) is 0 Å². The molecule has 0 saturated carbocycles. The van der Waals surface area contributed by atoms with Crippen LogP contribution < -0.4 is 5.32 Å². The van der Waals surface area contributed by atoms with Gasteiger partial charge in [0.25, 0.3) is 0 Å². The van der Waals surface area contributed by atoms with Gasteiger partial charge in [-0.05, 0) is 42.5 Å². The Hall–Kier alpha value is -0.470. The van der Waals surface area contributed by atoms with Crippen LogP contribution in [0.5, 0.6) is 0 Å². The summed E-state index contributed by atoms with van der Waals surface area (Å²) < 4.78 is 0. The van der Waals surface area contributed by atoms with Crippen LogP contribution in [0.4, 0.5) is 0 Å². The third kappa shape index (κ3) is 3.75. The Bertz CT molecular complexity index is 373. The fraction of sp³-hybridized carbons (Fsp3) is 0.600. The van der Waals surface area contributed by atoms with Gasteiger partial charge in [-0.15, -0.1) is 11.8 Å². The second-order valence-corrected chi connectivity index (χ2v) is 6.79. The van der Waals surface area contributed by atoms with Gasteiger partial charge in [0.2, 0.25) is 0 Å². The standard InChI is InChI=1S/C15H23NS/c1-11(2)16-10-12(3)17-15-8-7-13-5-4-6-14(13)9-15/h7-9,11-12,16H,4-6,10H2,1-3H3. The van der Waals surface area contributed by atoms with E-state index < -0.39 is 0 Å². The lowest BCUT2D eigenvalue weighted by Gasteiger charge is -2.15. The van der Waals surface area contributed by atoms with E-state index in [1.807, 2.05) is 11.8 Å². The average Bonchev–Trinajstić information content (AvgIpc) is 2.73. The Labute approximate surface area is 109 Å². The number of aryl methyl sites for hydroxylation is 2. The molecule has 0 heterocycles. The fourth-order valence-electron chi connectivity index (χ4n) is 2.30. The fourth-order valence-corrected chi connectivity index (χ4v) is 3.30. The molecular weight excluding hydrogens is 226 g/mol. The highest BCUT2D eigenvalue weighted by molar-refractivity contribution is 8.00. The monoisotopic (exact) mass is 249 g/mol. The molecule has 1 nitrogen and oxygen atoms in total. The summed E-state index contributed by atoms with van der Waals surface area (Å²) in [4.78, 5) is 1.43. The molecule has 2 heteroatoms. The normalized spacial score (nSPS) is 16.2. The maximum atomic E-state index is 3.50. The first-order chi connectivity index (χ1) is 8.15. The number of nitrogens with one attached hydrogen (secondary N) is 1. The summed E-state index contributed by atoms with van der Waals surface area (Å²) in [6.07, 6.45) is 3.90. The highest BCUT2D eigenvalue weighted by Gasteiger charge is 2.12. The molecule has 0 spiro atoms. The Morgan fingerprint density at radius 3 is 2.71 bits per heavy atom. The van der Waals surface area contributed by atoms with E-state index in [-0.39, 0.29) is 0 Å². The van der Waals surface area contributed by atoms with Gasteiger partial charge in [0.05, 0.1) is 0 Å². The molecule has 0 amide bonds. The Kier molecular flexibility index (Phi) is 4.52. The second kappa shape index (κ2) is 5.92. The van der Waals surface area contributed by atoms with Crippen LogP contribution in [0.15, 0.2) is 23.1 Å². The first kappa shape index (κ1) is 13.0. The quantitative estimate of drug-likeness (QED) is 0.799. The zero-order valence-electron chi connectivity index (χ0n) is 11.1. The summed E-state index contributed by atoms with van der Waals surface area (Å²) in [5, 5.41) is 4.13. The Balaban J connectivity index is 1.90. The molecule has 0 bridgehead atoms. The van der Waals surface area contributed by atoms with Crippen molar-refractivity contribution in [3.63, 3.8) is 0 Å². The minimum atomic E-state index is 0.582. The predicted molar refractivity (Wildman–Crippen MR) is 76.9 cm³/mol. The molecule has 0 aromatic heterocycles. The largest absolute Gasteiger partial charge is 0.313 e. The highest BCUT2D eigenvalue weighted by atomic mass is 32.2. The molecule has 1 aliphatic rings. The van der Waals surface area contributed by atoms with E-state index in [4.69, 9.17) is 0 Å². The minimum absolute atomic E-state index is 0.582. The molecule has 2 rings (SSSR count). The van der Waals surface area contributed by atoms with Crippen molar-refractivity contribution in [1.82, 2.24) is 5.32 Å². The SMILES string of the molecule is CC(C)NCC(C)Sc1ccc2c(c1)CCC2. The lowest BCUT2D eigenvalue weighted by Crippen LogP contribution is -2.28. The third-order valence-corrected chi connectivity index (χ3v) is 4.32. The summed E-state index contributed by atoms with van der Waals surface area (Å²) >= 11 is 1.99. The average molecular weight is 249 g/mol. The van der Waals surface area contributed by atoms with Crippen LogP contribution in [0.25, 0.3) is 0 Å². The molecule has 1 aromatic rings. The van der Waals surface area contributed by atoms with Gasteiger partial charge in [-0.1, -0.05) is 26.8 Å². The molecule has 1 aliphatic carbocycles. The van der Waals surface area contributed by atoms with E-state index in [0.29, 0.717) is 11.3 Å². The Morgan fingerprint density at radius 2 is 1.94 bits per heavy atom. The van der Waals surface area contributed by atoms with Gasteiger partial charge in [0.1, 0.15) is 0 Å². The van der Waals surface area contributed by atoms with Gasteiger partial charge in [0, 0.05) is 22.7 Å². The number of hydrogen-bond acceptors (Lipinski definition) is 2. The number of benzene rings is 1. The molecule has 0 aliphatic heterocycles. The second-order valence-electron chi connectivity index (χ2n) is 5.28. The van der Waals surface area contributed by atoms with E-state index in [9.17, 15) is 0 Å². The number of rotatable bonds is 5. The molecule has 1 unspecified atom stereocenters. The Morgan fingerprint density at radius 1 is 1.18 bits per heavy atom. The van der Waals surface area contributed by atoms with E-state index in [2.05, 4.69) is 44.3 Å². The highest BCUT2D eigenvalue weighted by Crippen LogP contribution is 2.29. The van der Waals surface area contributed by atoms with Crippen LogP contribution in [0.1, 0.15) is 38.3 Å². The number of fused-ring (bicyclic) bond motifs is 1. The maximum Gasteiger partial charge on any atom is 0.0191 e. The van der Waals surface area contributed by atoms with Crippen molar-refractivity contribution in [3.8, 4) is 0 Å². The molecular formula is C15H23NS. The molecule has 94 valence electrons. The first-order valence-electron chi connectivity index (χ1n) is 6.67. The van der Waals surface area contributed by atoms with Gasteiger partial charge in [-0.2, -0.15) is 0 Å². The molecule has 1 atom stereocenters. The molecule has 0 radical (unpaired) electrons. The van der Waals surface area contributed by atoms with E-state index in [0.717, 1.165) is 6.54 Å². The van der Waals surface area contributed by atoms with Crippen molar-refractivity contribution in [3.05, 3.63) is 29.3 Å². The summed E-state index contributed by atoms with van der Waals surface area (Å²) in [5.41, 5.74) is 3.15. The van der Waals surface area contributed by atoms with E-state index in [1.54, 1.807) is 11.1 Å². The summed E-state index contributed by atoms with van der Waals surface area (Å²) in [5.74, 6) is 0. The van der Waals surface area contributed by atoms with E-state index in [1.165, 1.54) is 24.2 Å². The van der Waals surface area contributed by atoms with Crippen molar-refractivity contribution in [2.24, 2.45) is 0 Å². The summed E-state index contributed by atoms with van der Waals surface area (Å²) in [7, 11) is 0. The van der Waals surface area contributed by atoms with Crippen molar-refractivity contribution < 1.29 is 0 Å². The molecule has 0 fully saturated rings. The summed E-state index contributed by atoms with van der Waals surface area (Å²) in [6, 6.07) is 7.60. The van der Waals surface area contributed by atoms with Crippen LogP contribution in [-0.2, 0) is 12.8 Å². The van der Waals surface area contributed by atoms with Crippen LogP contribution >= 0.6 is 11.8 Å². The molecule has 0 saturated heterocycles. The molecule has 1 aromatic carbocycles. The van der Waals surface area contributed by atoms with Crippen LogP contribution in [-0.4, -0.2) is 17.8 Å². The van der Waals surface area contributed by atoms with Crippen LogP contribution in [0, 0.1) is 0 Å². The number of hydrogen-bond donors (Lipinski definition) is 1. The van der Waals surface area contributed by atoms with Crippen LogP contribution in [0.3, 0.4) is 0 Å². The molecule has 17 heavy (non-hydrogen) atoms. The van der Waals surface area contributed by atoms with Gasteiger partial charge >= 0.3 is 0 Å². The zero-order chi connectivity index (χ0) is 12.3. The minimum Gasteiger partial charge on any atom is -0.313 e. The molecule has 1 N–H and O–H groups in total. The van der Waals surface area contributed by atoms with Crippen molar-refractivity contribution in [1.29, 1.82) is 0 Å². The maximum absolute atomic E-state index is 3.50. The number of thioether (sulfide) groups is 1. The first-order valence-corrected chi connectivity index (χ1v) is 7.55. The lowest BCUT2D eigenvalue weighted by molar-refractivity contribution is 0.589. The predicted octanol–water partition coefficient (Wildman–Crippen LogP) is 3.65. The van der Waals surface area contributed by atoms with Gasteiger partial charge in [-0.3, -0.25) is 0 Å². The third-order valence-electron chi connectivity index (χ3n) is 3.22. The zero-order valence-corrected chi connectivity index (χ0v) is 11.9. The van der Waals surface area contributed by atoms with Crippen molar-refractivity contribution in [2.75, 3.05) is 6.54 Å². The summed E-state index contributed by atoms with van der Waals surface area (Å²) in [6.45, 7) is 7.78. The topological polar surface area (TPSA) is 12.0 Å². The van der Waals surface area contributed by atoms with Crippen molar-refractivity contribution >= 4 is 11.8 Å². The lowest BCUT2D eigenvalue weighted by atomic mass is 10.1. The van der Waals surface area contributed by atoms with E-state index >= 15 is 0 Å². The van der Waals surface area contributed by atoms with Gasteiger partial charge < -0.3 is 5.32 Å². The van der Waals surface area contributed by atoms with Crippen molar-refractivity contribution in [2.45, 2.75) is 56.2 Å². The smallest absolute Gasteiger partial charge is 0.0191 e.